The number of sulfonamides is 1. The van der Waals surface area contributed by atoms with Gasteiger partial charge in [-0.15, -0.1) is 0 Å². The smallest absolute Gasteiger partial charge is 0.242 e. The molecule has 0 bridgehead atoms. The van der Waals surface area contributed by atoms with E-state index in [1.807, 2.05) is 0 Å². The van der Waals surface area contributed by atoms with Crippen LogP contribution < -0.4 is 10.2 Å². The van der Waals surface area contributed by atoms with Crippen LogP contribution in [-0.2, 0) is 19.6 Å². The molecule has 0 radical (unpaired) electrons. The lowest BCUT2D eigenvalue weighted by molar-refractivity contribution is -0.122. The Bertz CT molecular complexity index is 1060. The van der Waals surface area contributed by atoms with Crippen molar-refractivity contribution in [2.24, 2.45) is 5.92 Å². The quantitative estimate of drug-likeness (QED) is 0.776. The summed E-state index contributed by atoms with van der Waals surface area (Å²) in [4.78, 5) is 26.4. The standard InChI is InChI=1S/C19H19ClFN3O4S/c1-23(2)29(27,28)15-6-4-14(5-7-15)24-11-12(9-18(24)25)19(26)22-13-3-8-17(21)16(20)10-13/h3-8,10,12H,9,11H2,1-2H3,(H,22,26)/t12-/m0/s1. The van der Waals surface area contributed by atoms with Crippen molar-refractivity contribution in [1.82, 2.24) is 4.31 Å². The lowest BCUT2D eigenvalue weighted by atomic mass is 10.1. The molecule has 7 nitrogen and oxygen atoms in total. The highest BCUT2D eigenvalue weighted by atomic mass is 35.5. The number of nitrogens with zero attached hydrogens (tertiary/aromatic N) is 2. The van der Waals surface area contributed by atoms with Crippen LogP contribution in [0.2, 0.25) is 5.02 Å². The zero-order valence-corrected chi connectivity index (χ0v) is 17.3. The third-order valence-corrected chi connectivity index (χ3v) is 6.73. The molecule has 1 aliphatic heterocycles. The van der Waals surface area contributed by atoms with E-state index >= 15 is 0 Å². The molecule has 2 aromatic carbocycles. The maximum absolute atomic E-state index is 13.2. The highest BCUT2D eigenvalue weighted by molar-refractivity contribution is 7.89. The Morgan fingerprint density at radius 1 is 1.21 bits per heavy atom. The largest absolute Gasteiger partial charge is 0.326 e. The number of anilines is 2. The molecule has 2 aromatic rings. The molecular formula is C19H19ClFN3O4S. The first-order chi connectivity index (χ1) is 13.6. The fraction of sp³-hybridized carbons (Fsp3) is 0.263. The molecule has 0 unspecified atom stereocenters. The fourth-order valence-electron chi connectivity index (χ4n) is 2.96. The number of amides is 2. The van der Waals surface area contributed by atoms with Crippen molar-refractivity contribution in [1.29, 1.82) is 0 Å². The molecule has 1 N–H and O–H groups in total. The van der Waals surface area contributed by atoms with E-state index in [1.165, 1.54) is 55.4 Å². The van der Waals surface area contributed by atoms with Gasteiger partial charge in [0.25, 0.3) is 0 Å². The molecule has 0 spiro atoms. The fourth-order valence-corrected chi connectivity index (χ4v) is 4.04. The van der Waals surface area contributed by atoms with E-state index in [4.69, 9.17) is 11.6 Å². The monoisotopic (exact) mass is 439 g/mol. The second-order valence-electron chi connectivity index (χ2n) is 6.80. The number of carbonyl (C=O) groups is 2. The van der Waals surface area contributed by atoms with Crippen LogP contribution in [0.3, 0.4) is 0 Å². The minimum Gasteiger partial charge on any atom is -0.326 e. The van der Waals surface area contributed by atoms with Crippen LogP contribution in [0.1, 0.15) is 6.42 Å². The molecular weight excluding hydrogens is 421 g/mol. The normalized spacial score (nSPS) is 17.1. The van der Waals surface area contributed by atoms with Crippen LogP contribution in [0.15, 0.2) is 47.4 Å². The molecule has 1 aliphatic rings. The van der Waals surface area contributed by atoms with E-state index in [-0.39, 0.29) is 34.7 Å². The lowest BCUT2D eigenvalue weighted by Gasteiger charge is -2.18. The Labute approximate surface area is 173 Å². The van der Waals surface area contributed by atoms with Crippen LogP contribution in [0.5, 0.6) is 0 Å². The van der Waals surface area contributed by atoms with Crippen molar-refractivity contribution >= 4 is 44.8 Å². The summed E-state index contributed by atoms with van der Waals surface area (Å²) in [6.45, 7) is 0.152. The van der Waals surface area contributed by atoms with Crippen molar-refractivity contribution in [2.45, 2.75) is 11.3 Å². The molecule has 1 saturated heterocycles. The van der Waals surface area contributed by atoms with Crippen molar-refractivity contribution in [3.63, 3.8) is 0 Å². The zero-order chi connectivity index (χ0) is 21.3. The molecule has 0 aliphatic carbocycles. The van der Waals surface area contributed by atoms with Gasteiger partial charge in [-0.05, 0) is 42.5 Å². The predicted molar refractivity (Wildman–Crippen MR) is 108 cm³/mol. The van der Waals surface area contributed by atoms with E-state index in [2.05, 4.69) is 5.32 Å². The number of hydrogen-bond donors (Lipinski definition) is 1. The zero-order valence-electron chi connectivity index (χ0n) is 15.7. The van der Waals surface area contributed by atoms with Gasteiger partial charge >= 0.3 is 0 Å². The maximum Gasteiger partial charge on any atom is 0.242 e. The molecule has 10 heteroatoms. The number of halogens is 2. The highest BCUT2D eigenvalue weighted by Crippen LogP contribution is 2.28. The minimum atomic E-state index is -3.57. The minimum absolute atomic E-state index is 0.0124. The molecule has 0 aromatic heterocycles. The van der Waals surface area contributed by atoms with E-state index in [1.54, 1.807) is 0 Å². The molecule has 3 rings (SSSR count). The van der Waals surface area contributed by atoms with Gasteiger partial charge in [0.2, 0.25) is 21.8 Å². The molecule has 154 valence electrons. The molecule has 1 heterocycles. The van der Waals surface area contributed by atoms with Crippen LogP contribution in [0.25, 0.3) is 0 Å². The molecule has 1 atom stereocenters. The SMILES string of the molecule is CN(C)S(=O)(=O)c1ccc(N2C[C@@H](C(=O)Nc3ccc(F)c(Cl)c3)CC2=O)cc1. The van der Waals surface area contributed by atoms with Gasteiger partial charge in [0.05, 0.1) is 15.8 Å². The number of rotatable bonds is 5. The van der Waals surface area contributed by atoms with Crippen LogP contribution in [0, 0.1) is 11.7 Å². The molecule has 0 saturated carbocycles. The third-order valence-electron chi connectivity index (χ3n) is 4.61. The van der Waals surface area contributed by atoms with Gasteiger partial charge in [-0.25, -0.2) is 17.1 Å². The first kappa shape index (κ1) is 21.2. The molecule has 29 heavy (non-hydrogen) atoms. The molecule has 2 amide bonds. The van der Waals surface area contributed by atoms with Gasteiger partial charge in [-0.3, -0.25) is 9.59 Å². The maximum atomic E-state index is 13.2. The average Bonchev–Trinajstić information content (AvgIpc) is 3.06. The van der Waals surface area contributed by atoms with E-state index in [0.29, 0.717) is 11.4 Å². The van der Waals surface area contributed by atoms with Crippen LogP contribution in [0.4, 0.5) is 15.8 Å². The van der Waals surface area contributed by atoms with E-state index < -0.39 is 21.8 Å². The van der Waals surface area contributed by atoms with Gasteiger partial charge < -0.3 is 10.2 Å². The summed E-state index contributed by atoms with van der Waals surface area (Å²) in [5, 5.41) is 2.52. The summed E-state index contributed by atoms with van der Waals surface area (Å²) in [6, 6.07) is 9.75. The second kappa shape index (κ2) is 8.10. The van der Waals surface area contributed by atoms with Crippen LogP contribution >= 0.6 is 11.6 Å². The summed E-state index contributed by atoms with van der Waals surface area (Å²) in [7, 11) is -0.697. The first-order valence-corrected chi connectivity index (χ1v) is 10.5. The number of carbonyl (C=O) groups excluding carboxylic acids is 2. The van der Waals surface area contributed by atoms with E-state index in [9.17, 15) is 22.4 Å². The van der Waals surface area contributed by atoms with Crippen molar-refractivity contribution in [3.8, 4) is 0 Å². The second-order valence-corrected chi connectivity index (χ2v) is 9.36. The lowest BCUT2D eigenvalue weighted by Crippen LogP contribution is -2.28. The Hall–Kier alpha value is -2.49. The van der Waals surface area contributed by atoms with Crippen molar-refractivity contribution < 1.29 is 22.4 Å². The van der Waals surface area contributed by atoms with Crippen molar-refractivity contribution in [3.05, 3.63) is 53.3 Å². The Morgan fingerprint density at radius 2 is 1.86 bits per heavy atom. The molecule has 1 fully saturated rings. The van der Waals surface area contributed by atoms with Crippen LogP contribution in [-0.4, -0.2) is 45.2 Å². The Kier molecular flexibility index (Phi) is 5.92. The first-order valence-electron chi connectivity index (χ1n) is 8.68. The predicted octanol–water partition coefficient (Wildman–Crippen LogP) is 2.72. The summed E-state index contributed by atoms with van der Waals surface area (Å²) < 4.78 is 38.6. The summed E-state index contributed by atoms with van der Waals surface area (Å²) >= 11 is 5.71. The van der Waals surface area contributed by atoms with Gasteiger partial charge in [-0.2, -0.15) is 0 Å². The number of benzene rings is 2. The third kappa shape index (κ3) is 4.42. The highest BCUT2D eigenvalue weighted by Gasteiger charge is 2.35. The van der Waals surface area contributed by atoms with Gasteiger partial charge in [-0.1, -0.05) is 11.6 Å². The number of nitrogens with one attached hydrogen (secondary N) is 1. The van der Waals surface area contributed by atoms with Gasteiger partial charge in [0, 0.05) is 38.4 Å². The summed E-state index contributed by atoms with van der Waals surface area (Å²) in [5.74, 6) is -1.82. The topological polar surface area (TPSA) is 86.8 Å². The summed E-state index contributed by atoms with van der Waals surface area (Å²) in [6.07, 6.45) is 0.0124. The van der Waals surface area contributed by atoms with Gasteiger partial charge in [0.1, 0.15) is 5.82 Å². The summed E-state index contributed by atoms with van der Waals surface area (Å²) in [5.41, 5.74) is 0.846. The number of hydrogen-bond acceptors (Lipinski definition) is 4. The van der Waals surface area contributed by atoms with Gasteiger partial charge in [0.15, 0.2) is 0 Å². The Balaban J connectivity index is 1.71. The van der Waals surface area contributed by atoms with E-state index in [0.717, 1.165) is 10.4 Å². The Morgan fingerprint density at radius 3 is 2.45 bits per heavy atom. The average molecular weight is 440 g/mol. The van der Waals surface area contributed by atoms with Crippen molar-refractivity contribution in [2.75, 3.05) is 30.9 Å².